The highest BCUT2D eigenvalue weighted by molar-refractivity contribution is 5.91. The fourth-order valence-electron chi connectivity index (χ4n) is 1.49. The first-order valence-electron chi connectivity index (χ1n) is 6.26. The number of unbranched alkanes of at least 4 members (excludes halogenated alkanes) is 5. The SMILES string of the molecule is C=C(C)C(=O)NCCCCCCCCNC. The molecule has 0 bridgehead atoms. The van der Waals surface area contributed by atoms with Crippen LogP contribution in [0.1, 0.15) is 45.4 Å². The molecule has 3 nitrogen and oxygen atoms in total. The molecular weight excluding hydrogens is 200 g/mol. The summed E-state index contributed by atoms with van der Waals surface area (Å²) in [5, 5.41) is 5.99. The van der Waals surface area contributed by atoms with Crippen LogP contribution in [-0.2, 0) is 4.79 Å². The fourth-order valence-corrected chi connectivity index (χ4v) is 1.49. The maximum Gasteiger partial charge on any atom is 0.246 e. The highest BCUT2D eigenvalue weighted by atomic mass is 16.1. The zero-order valence-electron chi connectivity index (χ0n) is 10.8. The summed E-state index contributed by atoms with van der Waals surface area (Å²) in [7, 11) is 1.99. The first-order valence-corrected chi connectivity index (χ1v) is 6.26. The lowest BCUT2D eigenvalue weighted by molar-refractivity contribution is -0.117. The van der Waals surface area contributed by atoms with Crippen LogP contribution in [0.2, 0.25) is 0 Å². The van der Waals surface area contributed by atoms with E-state index in [9.17, 15) is 4.79 Å². The van der Waals surface area contributed by atoms with Gasteiger partial charge in [0.05, 0.1) is 0 Å². The van der Waals surface area contributed by atoms with E-state index < -0.39 is 0 Å². The second kappa shape index (κ2) is 10.7. The van der Waals surface area contributed by atoms with Crippen molar-refractivity contribution >= 4 is 5.91 Å². The molecule has 1 amide bonds. The van der Waals surface area contributed by atoms with Gasteiger partial charge in [-0.1, -0.05) is 32.3 Å². The lowest BCUT2D eigenvalue weighted by atomic mass is 10.1. The van der Waals surface area contributed by atoms with Crippen LogP contribution in [0.15, 0.2) is 12.2 Å². The molecule has 0 aromatic heterocycles. The number of hydrogen-bond acceptors (Lipinski definition) is 2. The van der Waals surface area contributed by atoms with Crippen LogP contribution in [0.25, 0.3) is 0 Å². The number of nitrogens with one attached hydrogen (secondary N) is 2. The maximum absolute atomic E-state index is 11.1. The number of rotatable bonds is 10. The summed E-state index contributed by atoms with van der Waals surface area (Å²) in [5.41, 5.74) is 0.590. The van der Waals surface area contributed by atoms with Gasteiger partial charge in [-0.2, -0.15) is 0 Å². The molecule has 0 atom stereocenters. The van der Waals surface area contributed by atoms with E-state index in [0.717, 1.165) is 19.5 Å². The number of amides is 1. The molecule has 0 aliphatic carbocycles. The molecule has 3 heteroatoms. The van der Waals surface area contributed by atoms with Crippen molar-refractivity contribution in [2.75, 3.05) is 20.1 Å². The second-order valence-corrected chi connectivity index (χ2v) is 4.26. The Kier molecular flexibility index (Phi) is 10.1. The highest BCUT2D eigenvalue weighted by Gasteiger charge is 1.99. The van der Waals surface area contributed by atoms with Gasteiger partial charge < -0.3 is 10.6 Å². The molecule has 0 saturated heterocycles. The van der Waals surface area contributed by atoms with Crippen LogP contribution in [0.3, 0.4) is 0 Å². The molecule has 0 aliphatic rings. The summed E-state index contributed by atoms with van der Waals surface area (Å²) in [6.45, 7) is 7.23. The fraction of sp³-hybridized carbons (Fsp3) is 0.769. The van der Waals surface area contributed by atoms with Gasteiger partial charge in [0.2, 0.25) is 5.91 Å². The molecule has 0 unspecified atom stereocenters. The van der Waals surface area contributed by atoms with Crippen LogP contribution >= 0.6 is 0 Å². The molecule has 16 heavy (non-hydrogen) atoms. The summed E-state index contributed by atoms with van der Waals surface area (Å²) < 4.78 is 0. The van der Waals surface area contributed by atoms with Crippen molar-refractivity contribution in [3.05, 3.63) is 12.2 Å². The smallest absolute Gasteiger partial charge is 0.246 e. The molecule has 0 aliphatic heterocycles. The first kappa shape index (κ1) is 15.2. The van der Waals surface area contributed by atoms with Crippen LogP contribution in [0.5, 0.6) is 0 Å². The van der Waals surface area contributed by atoms with Gasteiger partial charge in [0, 0.05) is 12.1 Å². The Morgan fingerprint density at radius 1 is 1.00 bits per heavy atom. The first-order chi connectivity index (χ1) is 7.68. The van der Waals surface area contributed by atoms with Gasteiger partial charge in [-0.3, -0.25) is 4.79 Å². The lowest BCUT2D eigenvalue weighted by Crippen LogP contribution is -2.24. The Balaban J connectivity index is 3.10. The van der Waals surface area contributed by atoms with Gasteiger partial charge in [-0.25, -0.2) is 0 Å². The number of hydrogen-bond donors (Lipinski definition) is 2. The molecule has 0 radical (unpaired) electrons. The van der Waals surface area contributed by atoms with Crippen LogP contribution in [0, 0.1) is 0 Å². The Bertz CT molecular complexity index is 202. The quantitative estimate of drug-likeness (QED) is 0.443. The zero-order valence-corrected chi connectivity index (χ0v) is 10.8. The Hall–Kier alpha value is -0.830. The minimum absolute atomic E-state index is 0.0194. The molecule has 0 spiro atoms. The summed E-state index contributed by atoms with van der Waals surface area (Å²) in [5.74, 6) is -0.0194. The Morgan fingerprint density at radius 2 is 1.50 bits per heavy atom. The predicted octanol–water partition coefficient (Wildman–Crippen LogP) is 2.24. The highest BCUT2D eigenvalue weighted by Crippen LogP contribution is 2.04. The van der Waals surface area contributed by atoms with Crippen molar-refractivity contribution in [1.29, 1.82) is 0 Å². The van der Waals surface area contributed by atoms with Crippen molar-refractivity contribution in [2.24, 2.45) is 0 Å². The normalized spacial score (nSPS) is 10.1. The molecule has 0 aromatic carbocycles. The summed E-state index contributed by atoms with van der Waals surface area (Å²) in [4.78, 5) is 11.1. The number of carbonyl (C=O) groups excluding carboxylic acids is 1. The standard InChI is InChI=1S/C13H26N2O/c1-12(2)13(16)15-11-9-7-5-4-6-8-10-14-3/h14H,1,4-11H2,2-3H3,(H,15,16). The van der Waals surface area contributed by atoms with Crippen LogP contribution in [-0.4, -0.2) is 26.0 Å². The van der Waals surface area contributed by atoms with E-state index in [1.54, 1.807) is 6.92 Å². The average Bonchev–Trinajstić information content (AvgIpc) is 2.26. The van der Waals surface area contributed by atoms with E-state index in [1.165, 1.54) is 32.1 Å². The predicted molar refractivity (Wildman–Crippen MR) is 69.5 cm³/mol. The van der Waals surface area contributed by atoms with Gasteiger partial charge in [0.25, 0.3) is 0 Å². The number of carbonyl (C=O) groups is 1. The maximum atomic E-state index is 11.1. The van der Waals surface area contributed by atoms with Gasteiger partial charge in [-0.05, 0) is 33.4 Å². The summed E-state index contributed by atoms with van der Waals surface area (Å²) in [6, 6.07) is 0. The molecule has 94 valence electrons. The average molecular weight is 226 g/mol. The van der Waals surface area contributed by atoms with E-state index in [4.69, 9.17) is 0 Å². The molecule has 0 fully saturated rings. The van der Waals surface area contributed by atoms with Gasteiger partial charge >= 0.3 is 0 Å². The van der Waals surface area contributed by atoms with E-state index in [1.807, 2.05) is 7.05 Å². The van der Waals surface area contributed by atoms with Gasteiger partial charge in [0.15, 0.2) is 0 Å². The van der Waals surface area contributed by atoms with E-state index in [2.05, 4.69) is 17.2 Å². The third kappa shape index (κ3) is 9.71. The van der Waals surface area contributed by atoms with Crippen molar-refractivity contribution in [3.63, 3.8) is 0 Å². The Morgan fingerprint density at radius 3 is 2.00 bits per heavy atom. The molecule has 0 heterocycles. The van der Waals surface area contributed by atoms with Crippen LogP contribution in [0.4, 0.5) is 0 Å². The molecule has 2 N–H and O–H groups in total. The van der Waals surface area contributed by atoms with Crippen LogP contribution < -0.4 is 10.6 Å². The zero-order chi connectivity index (χ0) is 12.2. The third-order valence-corrected chi connectivity index (χ3v) is 2.53. The van der Waals surface area contributed by atoms with Crippen molar-refractivity contribution in [2.45, 2.75) is 45.4 Å². The molecule has 0 rings (SSSR count). The van der Waals surface area contributed by atoms with E-state index in [0.29, 0.717) is 5.57 Å². The van der Waals surface area contributed by atoms with Gasteiger partial charge in [-0.15, -0.1) is 0 Å². The van der Waals surface area contributed by atoms with E-state index >= 15 is 0 Å². The molecule has 0 saturated carbocycles. The molecule has 0 aromatic rings. The second-order valence-electron chi connectivity index (χ2n) is 4.26. The largest absolute Gasteiger partial charge is 0.352 e. The topological polar surface area (TPSA) is 41.1 Å². The monoisotopic (exact) mass is 226 g/mol. The van der Waals surface area contributed by atoms with Crippen molar-refractivity contribution in [1.82, 2.24) is 10.6 Å². The Labute approximate surface area is 99.7 Å². The lowest BCUT2D eigenvalue weighted by Gasteiger charge is -2.04. The minimum atomic E-state index is -0.0194. The summed E-state index contributed by atoms with van der Waals surface area (Å²) in [6.07, 6.45) is 7.42. The summed E-state index contributed by atoms with van der Waals surface area (Å²) >= 11 is 0. The van der Waals surface area contributed by atoms with Crippen molar-refractivity contribution < 1.29 is 4.79 Å². The van der Waals surface area contributed by atoms with Gasteiger partial charge in [0.1, 0.15) is 0 Å². The third-order valence-electron chi connectivity index (χ3n) is 2.53. The molecular formula is C13H26N2O. The van der Waals surface area contributed by atoms with E-state index in [-0.39, 0.29) is 5.91 Å². The minimum Gasteiger partial charge on any atom is -0.352 e. The van der Waals surface area contributed by atoms with Crippen molar-refractivity contribution in [3.8, 4) is 0 Å².